The maximum absolute atomic E-state index is 11.3. The van der Waals surface area contributed by atoms with E-state index in [2.05, 4.69) is 30.2 Å². The highest BCUT2D eigenvalue weighted by Crippen LogP contribution is 2.22. The van der Waals surface area contributed by atoms with Gasteiger partial charge in [-0.3, -0.25) is 0 Å². The van der Waals surface area contributed by atoms with Gasteiger partial charge in [0.05, 0.1) is 24.8 Å². The van der Waals surface area contributed by atoms with Crippen LogP contribution in [0.1, 0.15) is 21.9 Å². The molecule has 3 aromatic rings. The molecule has 0 aliphatic rings. The Bertz CT molecular complexity index is 800. The van der Waals surface area contributed by atoms with Crippen molar-refractivity contribution in [3.05, 3.63) is 29.6 Å². The molecule has 3 aromatic heterocycles. The van der Waals surface area contributed by atoms with Gasteiger partial charge in [0.15, 0.2) is 5.69 Å². The van der Waals surface area contributed by atoms with E-state index >= 15 is 0 Å². The average molecular weight is 289 g/mol. The zero-order valence-corrected chi connectivity index (χ0v) is 11.3. The number of imidazole rings is 1. The van der Waals surface area contributed by atoms with Gasteiger partial charge in [-0.25, -0.2) is 19.1 Å². The summed E-state index contributed by atoms with van der Waals surface area (Å²) >= 11 is 0. The molecule has 0 bridgehead atoms. The molecule has 10 nitrogen and oxygen atoms in total. The van der Waals surface area contributed by atoms with Gasteiger partial charge in [-0.05, 0) is 6.92 Å². The molecule has 0 aliphatic heterocycles. The summed E-state index contributed by atoms with van der Waals surface area (Å²) in [5.74, 6) is -1.16. The van der Waals surface area contributed by atoms with Crippen LogP contribution in [-0.2, 0) is 13.6 Å². The number of nitrogens with zero attached hydrogens (tertiary/aromatic N) is 7. The summed E-state index contributed by atoms with van der Waals surface area (Å²) in [6, 6.07) is 0. The lowest BCUT2D eigenvalue weighted by atomic mass is 10.2. The molecule has 0 aliphatic carbocycles. The monoisotopic (exact) mass is 289 g/mol. The zero-order valence-electron chi connectivity index (χ0n) is 11.3. The molecule has 10 heteroatoms. The molecule has 0 saturated heterocycles. The molecule has 0 atom stereocenters. The van der Waals surface area contributed by atoms with E-state index in [0.29, 0.717) is 22.8 Å². The van der Waals surface area contributed by atoms with E-state index in [1.54, 1.807) is 31.1 Å². The Kier molecular flexibility index (Phi) is 2.97. The van der Waals surface area contributed by atoms with Crippen molar-refractivity contribution in [2.45, 2.75) is 13.5 Å². The molecule has 0 amide bonds. The van der Waals surface area contributed by atoms with E-state index in [4.69, 9.17) is 0 Å². The first kappa shape index (κ1) is 13.0. The second kappa shape index (κ2) is 4.81. The van der Waals surface area contributed by atoms with Crippen molar-refractivity contribution in [2.24, 2.45) is 7.05 Å². The predicted octanol–water partition coefficient (Wildman–Crippen LogP) is 0.117. The van der Waals surface area contributed by atoms with E-state index in [-0.39, 0.29) is 12.2 Å². The third-order valence-corrected chi connectivity index (χ3v) is 3.04. The standard InChI is InChI=1S/C11H11N7O3/c1-6-7(15-21-14-6)4-18-10(8-3-12-5-17(8)2)9(11(19)20)13-16-18/h3,5H,4H2,1-2H3,(H,19,20). The van der Waals surface area contributed by atoms with Crippen LogP contribution >= 0.6 is 0 Å². The summed E-state index contributed by atoms with van der Waals surface area (Å²) in [5, 5.41) is 24.3. The molecular weight excluding hydrogens is 278 g/mol. The Hall–Kier alpha value is -3.04. The summed E-state index contributed by atoms with van der Waals surface area (Å²) < 4.78 is 7.76. The fourth-order valence-electron chi connectivity index (χ4n) is 1.94. The van der Waals surface area contributed by atoms with Gasteiger partial charge in [-0.1, -0.05) is 15.5 Å². The number of hydrogen-bond acceptors (Lipinski definition) is 7. The van der Waals surface area contributed by atoms with Gasteiger partial charge in [-0.2, -0.15) is 0 Å². The topological polar surface area (TPSA) is 125 Å². The lowest BCUT2D eigenvalue weighted by Gasteiger charge is -2.06. The minimum absolute atomic E-state index is 0.146. The quantitative estimate of drug-likeness (QED) is 0.717. The summed E-state index contributed by atoms with van der Waals surface area (Å²) in [6.45, 7) is 1.95. The third-order valence-electron chi connectivity index (χ3n) is 3.04. The highest BCUT2D eigenvalue weighted by molar-refractivity contribution is 5.92. The smallest absolute Gasteiger partial charge is 0.358 e. The number of hydrogen-bond donors (Lipinski definition) is 1. The van der Waals surface area contributed by atoms with Crippen LogP contribution in [0.4, 0.5) is 0 Å². The molecule has 21 heavy (non-hydrogen) atoms. The van der Waals surface area contributed by atoms with Crippen molar-refractivity contribution in [2.75, 3.05) is 0 Å². The van der Waals surface area contributed by atoms with Crippen LogP contribution < -0.4 is 0 Å². The van der Waals surface area contributed by atoms with Crippen LogP contribution in [0.2, 0.25) is 0 Å². The predicted molar refractivity (Wildman–Crippen MR) is 67.3 cm³/mol. The van der Waals surface area contributed by atoms with Gasteiger partial charge in [-0.15, -0.1) is 5.10 Å². The van der Waals surface area contributed by atoms with Crippen molar-refractivity contribution >= 4 is 5.97 Å². The van der Waals surface area contributed by atoms with Crippen molar-refractivity contribution < 1.29 is 14.5 Å². The van der Waals surface area contributed by atoms with E-state index < -0.39 is 5.97 Å². The van der Waals surface area contributed by atoms with Crippen LogP contribution in [0.15, 0.2) is 17.2 Å². The third kappa shape index (κ3) is 2.16. The first-order valence-corrected chi connectivity index (χ1v) is 5.99. The Labute approximate surface area is 118 Å². The maximum atomic E-state index is 11.3. The van der Waals surface area contributed by atoms with Crippen LogP contribution in [0.25, 0.3) is 11.4 Å². The van der Waals surface area contributed by atoms with Gasteiger partial charge in [0.2, 0.25) is 0 Å². The van der Waals surface area contributed by atoms with Gasteiger partial charge in [0, 0.05) is 7.05 Å². The largest absolute Gasteiger partial charge is 0.476 e. The fraction of sp³-hybridized carbons (Fsp3) is 0.273. The van der Waals surface area contributed by atoms with Crippen molar-refractivity contribution in [3.63, 3.8) is 0 Å². The van der Waals surface area contributed by atoms with Gasteiger partial charge < -0.3 is 9.67 Å². The summed E-state index contributed by atoms with van der Waals surface area (Å²) in [6.07, 6.45) is 3.12. The Morgan fingerprint density at radius 3 is 2.81 bits per heavy atom. The Balaban J connectivity index is 2.12. The van der Waals surface area contributed by atoms with Crippen LogP contribution in [-0.4, -0.2) is 45.9 Å². The summed E-state index contributed by atoms with van der Waals surface area (Å²) in [7, 11) is 1.76. The average Bonchev–Trinajstić information content (AvgIpc) is 3.12. The number of aromatic carboxylic acids is 1. The van der Waals surface area contributed by atoms with Crippen LogP contribution in [0.3, 0.4) is 0 Å². The molecule has 0 radical (unpaired) electrons. The SMILES string of the molecule is Cc1nonc1Cn1nnc(C(=O)O)c1-c1cncn1C. The molecule has 3 heterocycles. The highest BCUT2D eigenvalue weighted by Gasteiger charge is 2.23. The van der Waals surface area contributed by atoms with Crippen molar-refractivity contribution in [3.8, 4) is 11.4 Å². The summed E-state index contributed by atoms with van der Waals surface area (Å²) in [4.78, 5) is 15.3. The second-order valence-electron chi connectivity index (χ2n) is 4.44. The number of carboxylic acid groups (broad SMARTS) is 1. The molecule has 3 rings (SSSR count). The molecule has 0 fully saturated rings. The lowest BCUT2D eigenvalue weighted by molar-refractivity contribution is 0.0691. The number of carboxylic acids is 1. The summed E-state index contributed by atoms with van der Waals surface area (Å²) in [5.41, 5.74) is 1.96. The van der Waals surface area contributed by atoms with E-state index in [0.717, 1.165) is 0 Å². The number of aromatic nitrogens is 7. The van der Waals surface area contributed by atoms with E-state index in [9.17, 15) is 9.90 Å². The normalized spacial score (nSPS) is 11.0. The van der Waals surface area contributed by atoms with E-state index in [1.807, 2.05) is 0 Å². The van der Waals surface area contributed by atoms with Crippen LogP contribution in [0.5, 0.6) is 0 Å². The molecule has 108 valence electrons. The fourth-order valence-corrected chi connectivity index (χ4v) is 1.94. The number of carbonyl (C=O) groups is 1. The van der Waals surface area contributed by atoms with Gasteiger partial charge in [0.25, 0.3) is 0 Å². The minimum atomic E-state index is -1.16. The second-order valence-corrected chi connectivity index (χ2v) is 4.44. The van der Waals surface area contributed by atoms with Gasteiger partial charge in [0.1, 0.15) is 17.1 Å². The van der Waals surface area contributed by atoms with Crippen LogP contribution in [0, 0.1) is 6.92 Å². The molecular formula is C11H11N7O3. The first-order chi connectivity index (χ1) is 10.1. The molecule has 1 N–H and O–H groups in total. The maximum Gasteiger partial charge on any atom is 0.358 e. The minimum Gasteiger partial charge on any atom is -0.476 e. The van der Waals surface area contributed by atoms with E-state index in [1.165, 1.54) is 4.68 Å². The van der Waals surface area contributed by atoms with Crippen molar-refractivity contribution in [1.82, 2.24) is 34.9 Å². The first-order valence-electron chi connectivity index (χ1n) is 5.99. The number of rotatable bonds is 4. The molecule has 0 unspecified atom stereocenters. The molecule has 0 saturated carbocycles. The Morgan fingerprint density at radius 1 is 1.43 bits per heavy atom. The molecule has 0 aromatic carbocycles. The number of aryl methyl sites for hydroxylation is 2. The van der Waals surface area contributed by atoms with Gasteiger partial charge >= 0.3 is 5.97 Å². The van der Waals surface area contributed by atoms with Crippen molar-refractivity contribution in [1.29, 1.82) is 0 Å². The zero-order chi connectivity index (χ0) is 15.0. The lowest BCUT2D eigenvalue weighted by Crippen LogP contribution is -2.09. The highest BCUT2D eigenvalue weighted by atomic mass is 16.6. The Morgan fingerprint density at radius 2 is 2.24 bits per heavy atom. The molecule has 0 spiro atoms.